The molecular weight excluding hydrogens is 232 g/mol. The van der Waals surface area contributed by atoms with Crippen molar-refractivity contribution in [2.75, 3.05) is 6.54 Å². The smallest absolute Gasteiger partial charge is 0.0210 e. The van der Waals surface area contributed by atoms with Gasteiger partial charge in [0, 0.05) is 12.6 Å². The van der Waals surface area contributed by atoms with Crippen LogP contribution in [-0.2, 0) is 6.54 Å². The Labute approximate surface area is 117 Å². The summed E-state index contributed by atoms with van der Waals surface area (Å²) >= 11 is 0. The highest BCUT2D eigenvalue weighted by Gasteiger charge is 2.18. The first-order valence-corrected chi connectivity index (χ1v) is 7.59. The van der Waals surface area contributed by atoms with Crippen LogP contribution >= 0.6 is 0 Å². The fourth-order valence-corrected chi connectivity index (χ4v) is 3.28. The molecule has 1 saturated carbocycles. The van der Waals surface area contributed by atoms with Crippen LogP contribution in [0.3, 0.4) is 0 Å². The highest BCUT2D eigenvalue weighted by molar-refractivity contribution is 5.37. The van der Waals surface area contributed by atoms with Crippen LogP contribution in [0.25, 0.3) is 0 Å². The molecule has 3 N–H and O–H groups in total. The minimum Gasteiger partial charge on any atom is -0.328 e. The zero-order valence-electron chi connectivity index (χ0n) is 12.6. The van der Waals surface area contributed by atoms with Crippen LogP contribution < -0.4 is 11.1 Å². The van der Waals surface area contributed by atoms with E-state index in [-0.39, 0.29) is 0 Å². The minimum atomic E-state index is 0.456. The third-order valence-corrected chi connectivity index (χ3v) is 4.47. The number of hydrogen-bond donors (Lipinski definition) is 2. The summed E-state index contributed by atoms with van der Waals surface area (Å²) in [5, 5.41) is 3.65. The van der Waals surface area contributed by atoms with Gasteiger partial charge in [0.25, 0.3) is 0 Å². The third kappa shape index (κ3) is 4.05. The minimum absolute atomic E-state index is 0.456. The molecule has 0 unspecified atom stereocenters. The molecule has 2 rings (SSSR count). The highest BCUT2D eigenvalue weighted by atomic mass is 14.9. The lowest BCUT2D eigenvalue weighted by Crippen LogP contribution is -2.31. The lowest BCUT2D eigenvalue weighted by Gasteiger charge is -2.26. The first-order chi connectivity index (χ1) is 9.06. The van der Waals surface area contributed by atoms with Crippen LogP contribution in [0.15, 0.2) is 12.1 Å². The molecule has 0 amide bonds. The second-order valence-electron chi connectivity index (χ2n) is 6.29. The van der Waals surface area contributed by atoms with Crippen molar-refractivity contribution in [3.05, 3.63) is 34.4 Å². The van der Waals surface area contributed by atoms with E-state index in [1.165, 1.54) is 47.9 Å². The predicted octanol–water partition coefficient (Wildman–Crippen LogP) is 3.22. The lowest BCUT2D eigenvalue weighted by molar-refractivity contribution is 0.314. The molecule has 1 aromatic rings. The van der Waals surface area contributed by atoms with Gasteiger partial charge in [-0.15, -0.1) is 0 Å². The molecule has 1 aliphatic rings. The van der Waals surface area contributed by atoms with E-state index in [1.807, 2.05) is 0 Å². The number of rotatable bonds is 4. The van der Waals surface area contributed by atoms with E-state index in [2.05, 4.69) is 38.2 Å². The summed E-state index contributed by atoms with van der Waals surface area (Å²) in [7, 11) is 0. The van der Waals surface area contributed by atoms with E-state index in [0.717, 1.165) is 19.0 Å². The van der Waals surface area contributed by atoms with Gasteiger partial charge in [-0.1, -0.05) is 17.7 Å². The van der Waals surface area contributed by atoms with Crippen LogP contribution in [0.2, 0.25) is 0 Å². The normalized spacial score (nSPS) is 23.6. The van der Waals surface area contributed by atoms with E-state index < -0.39 is 0 Å². The van der Waals surface area contributed by atoms with Crippen LogP contribution in [-0.4, -0.2) is 12.6 Å². The van der Waals surface area contributed by atoms with Crippen LogP contribution in [0.1, 0.15) is 47.9 Å². The fourth-order valence-electron chi connectivity index (χ4n) is 3.28. The fraction of sp³-hybridized carbons (Fsp3) is 0.647. The maximum Gasteiger partial charge on any atom is 0.0210 e. The Morgan fingerprint density at radius 3 is 2.21 bits per heavy atom. The summed E-state index contributed by atoms with van der Waals surface area (Å²) in [4.78, 5) is 0. The van der Waals surface area contributed by atoms with Gasteiger partial charge in [0.15, 0.2) is 0 Å². The third-order valence-electron chi connectivity index (χ3n) is 4.47. The van der Waals surface area contributed by atoms with Gasteiger partial charge in [0.05, 0.1) is 0 Å². The maximum atomic E-state index is 5.95. The quantitative estimate of drug-likeness (QED) is 0.872. The van der Waals surface area contributed by atoms with Gasteiger partial charge in [-0.3, -0.25) is 0 Å². The number of nitrogens with two attached hydrogens (primary N) is 1. The molecule has 0 radical (unpaired) electrons. The van der Waals surface area contributed by atoms with Crippen LogP contribution in [0.5, 0.6) is 0 Å². The summed E-state index contributed by atoms with van der Waals surface area (Å²) < 4.78 is 0. The predicted molar refractivity (Wildman–Crippen MR) is 82.3 cm³/mol. The molecule has 0 heterocycles. The molecule has 0 atom stereocenters. The van der Waals surface area contributed by atoms with Gasteiger partial charge >= 0.3 is 0 Å². The Hall–Kier alpha value is -0.860. The molecule has 19 heavy (non-hydrogen) atoms. The van der Waals surface area contributed by atoms with Gasteiger partial charge in [0.2, 0.25) is 0 Å². The Morgan fingerprint density at radius 2 is 1.63 bits per heavy atom. The average molecular weight is 260 g/mol. The van der Waals surface area contributed by atoms with Crippen molar-refractivity contribution in [1.82, 2.24) is 5.32 Å². The molecule has 1 aliphatic carbocycles. The van der Waals surface area contributed by atoms with E-state index in [9.17, 15) is 0 Å². The summed E-state index contributed by atoms with van der Waals surface area (Å²) in [6, 6.07) is 5.02. The molecule has 1 aromatic carbocycles. The van der Waals surface area contributed by atoms with Crippen LogP contribution in [0.4, 0.5) is 0 Å². The van der Waals surface area contributed by atoms with Crippen molar-refractivity contribution < 1.29 is 0 Å². The molecule has 0 saturated heterocycles. The van der Waals surface area contributed by atoms with Gasteiger partial charge in [-0.25, -0.2) is 0 Å². The number of aryl methyl sites for hydroxylation is 3. The average Bonchev–Trinajstić information content (AvgIpc) is 2.34. The lowest BCUT2D eigenvalue weighted by atomic mass is 9.86. The topological polar surface area (TPSA) is 38.0 Å². The van der Waals surface area contributed by atoms with Crippen molar-refractivity contribution in [2.45, 2.75) is 59.0 Å². The molecule has 2 nitrogen and oxygen atoms in total. The van der Waals surface area contributed by atoms with E-state index in [1.54, 1.807) is 0 Å². The molecular formula is C17H28N2. The second-order valence-corrected chi connectivity index (χ2v) is 6.29. The van der Waals surface area contributed by atoms with Crippen molar-refractivity contribution >= 4 is 0 Å². The van der Waals surface area contributed by atoms with E-state index in [4.69, 9.17) is 5.73 Å². The monoisotopic (exact) mass is 260 g/mol. The molecule has 0 bridgehead atoms. The van der Waals surface area contributed by atoms with Crippen molar-refractivity contribution in [2.24, 2.45) is 11.7 Å². The van der Waals surface area contributed by atoms with E-state index >= 15 is 0 Å². The zero-order chi connectivity index (χ0) is 13.8. The number of benzene rings is 1. The Morgan fingerprint density at radius 1 is 1.05 bits per heavy atom. The van der Waals surface area contributed by atoms with Gasteiger partial charge in [-0.2, -0.15) is 0 Å². The molecule has 1 fully saturated rings. The van der Waals surface area contributed by atoms with Crippen molar-refractivity contribution in [1.29, 1.82) is 0 Å². The Balaban J connectivity index is 1.83. The van der Waals surface area contributed by atoms with Gasteiger partial charge in [0.1, 0.15) is 0 Å². The standard InChI is InChI=1S/C17H28N2/c1-12-8-13(2)17(14(3)9-12)11-19-10-15-4-6-16(18)7-5-15/h8-9,15-16,19H,4-7,10-11,18H2,1-3H3. The zero-order valence-corrected chi connectivity index (χ0v) is 12.6. The Bertz CT molecular complexity index is 394. The molecule has 0 aliphatic heterocycles. The summed E-state index contributed by atoms with van der Waals surface area (Å²) in [5.74, 6) is 0.825. The number of hydrogen-bond acceptors (Lipinski definition) is 2. The second kappa shape index (κ2) is 6.53. The van der Waals surface area contributed by atoms with Crippen molar-refractivity contribution in [3.8, 4) is 0 Å². The van der Waals surface area contributed by atoms with E-state index in [0.29, 0.717) is 6.04 Å². The summed E-state index contributed by atoms with van der Waals surface area (Å²) in [6.07, 6.45) is 4.99. The van der Waals surface area contributed by atoms with Gasteiger partial charge < -0.3 is 11.1 Å². The SMILES string of the molecule is Cc1cc(C)c(CNCC2CCC(N)CC2)c(C)c1. The summed E-state index contributed by atoms with van der Waals surface area (Å²) in [5.41, 5.74) is 11.6. The maximum absolute atomic E-state index is 5.95. The molecule has 0 aromatic heterocycles. The van der Waals surface area contributed by atoms with Crippen LogP contribution in [0, 0.1) is 26.7 Å². The van der Waals surface area contributed by atoms with Gasteiger partial charge in [-0.05, 0) is 75.6 Å². The Kier molecular flexibility index (Phi) is 5.00. The largest absolute Gasteiger partial charge is 0.328 e. The first-order valence-electron chi connectivity index (χ1n) is 7.59. The molecule has 2 heteroatoms. The first kappa shape index (κ1) is 14.5. The molecule has 106 valence electrons. The molecule has 0 spiro atoms. The summed E-state index contributed by atoms with van der Waals surface area (Å²) in [6.45, 7) is 8.75. The van der Waals surface area contributed by atoms with Crippen molar-refractivity contribution in [3.63, 3.8) is 0 Å². The number of nitrogens with one attached hydrogen (secondary N) is 1. The highest BCUT2D eigenvalue weighted by Crippen LogP contribution is 2.22.